The monoisotopic (exact) mass is 202 g/mol. The summed E-state index contributed by atoms with van der Waals surface area (Å²) < 4.78 is 0. The lowest BCUT2D eigenvalue weighted by Gasteiger charge is -2.23. The highest BCUT2D eigenvalue weighted by atomic mass is 16.3. The van der Waals surface area contributed by atoms with Gasteiger partial charge in [0.05, 0.1) is 6.10 Å². The van der Waals surface area contributed by atoms with E-state index in [0.29, 0.717) is 5.92 Å². The van der Waals surface area contributed by atoms with Crippen LogP contribution in [0.15, 0.2) is 0 Å². The fourth-order valence-corrected chi connectivity index (χ4v) is 1.73. The summed E-state index contributed by atoms with van der Waals surface area (Å²) in [7, 11) is 0. The van der Waals surface area contributed by atoms with Gasteiger partial charge in [-0.3, -0.25) is 0 Å². The molecule has 2 heteroatoms. The van der Waals surface area contributed by atoms with Crippen LogP contribution >= 0.6 is 0 Å². The number of hydrogen-bond donors (Lipinski definition) is 2. The molecule has 0 aromatic carbocycles. The second-order valence-corrected chi connectivity index (χ2v) is 4.48. The molecule has 2 nitrogen and oxygen atoms in total. The van der Waals surface area contributed by atoms with E-state index in [1.54, 1.807) is 0 Å². The van der Waals surface area contributed by atoms with Gasteiger partial charge in [-0.15, -0.1) is 0 Å². The van der Waals surface area contributed by atoms with Crippen LogP contribution in [0.5, 0.6) is 0 Å². The van der Waals surface area contributed by atoms with Gasteiger partial charge in [-0.1, -0.05) is 46.5 Å². The Morgan fingerprint density at radius 2 is 1.64 bits per heavy atom. The summed E-state index contributed by atoms with van der Waals surface area (Å²) >= 11 is 0. The highest BCUT2D eigenvalue weighted by molar-refractivity contribution is 4.70. The standard InChI is InChI=1S/C12H26O2/c1-4-5-6-7-8-10(2)12(14)11(3)9-13/h10-14H,4-9H2,1-3H3/t10-,11-,12+/m0/s1. The topological polar surface area (TPSA) is 40.5 Å². The van der Waals surface area contributed by atoms with Crippen LogP contribution in [0.2, 0.25) is 0 Å². The van der Waals surface area contributed by atoms with Gasteiger partial charge in [0.15, 0.2) is 0 Å². The molecule has 0 aromatic heterocycles. The van der Waals surface area contributed by atoms with E-state index in [9.17, 15) is 5.11 Å². The van der Waals surface area contributed by atoms with E-state index in [4.69, 9.17) is 5.11 Å². The highest BCUT2D eigenvalue weighted by Crippen LogP contribution is 2.19. The van der Waals surface area contributed by atoms with Crippen LogP contribution in [0.25, 0.3) is 0 Å². The lowest BCUT2D eigenvalue weighted by molar-refractivity contribution is 0.0331. The Bertz CT molecular complexity index is 125. The van der Waals surface area contributed by atoms with Crippen LogP contribution in [0.4, 0.5) is 0 Å². The fraction of sp³-hybridized carbons (Fsp3) is 1.00. The van der Waals surface area contributed by atoms with Gasteiger partial charge in [-0.05, 0) is 12.3 Å². The van der Waals surface area contributed by atoms with E-state index in [2.05, 4.69) is 13.8 Å². The summed E-state index contributed by atoms with van der Waals surface area (Å²) in [5, 5.41) is 18.7. The summed E-state index contributed by atoms with van der Waals surface area (Å²) in [6, 6.07) is 0. The third-order valence-corrected chi connectivity index (χ3v) is 2.97. The molecule has 0 heterocycles. The van der Waals surface area contributed by atoms with Crippen LogP contribution < -0.4 is 0 Å². The zero-order valence-electron chi connectivity index (χ0n) is 9.87. The largest absolute Gasteiger partial charge is 0.396 e. The molecular formula is C12H26O2. The fourth-order valence-electron chi connectivity index (χ4n) is 1.73. The molecule has 86 valence electrons. The molecule has 0 aliphatic carbocycles. The molecule has 3 atom stereocenters. The molecule has 0 unspecified atom stereocenters. The van der Waals surface area contributed by atoms with Gasteiger partial charge in [0.25, 0.3) is 0 Å². The van der Waals surface area contributed by atoms with Crippen molar-refractivity contribution in [1.82, 2.24) is 0 Å². The second kappa shape index (κ2) is 8.25. The van der Waals surface area contributed by atoms with Crippen molar-refractivity contribution in [2.45, 2.75) is 59.0 Å². The molecule has 0 saturated heterocycles. The van der Waals surface area contributed by atoms with E-state index in [1.165, 1.54) is 25.7 Å². The maximum Gasteiger partial charge on any atom is 0.0613 e. The Kier molecular flexibility index (Phi) is 8.20. The third kappa shape index (κ3) is 5.61. The first-order valence-corrected chi connectivity index (χ1v) is 5.92. The molecule has 0 amide bonds. The summed E-state index contributed by atoms with van der Waals surface area (Å²) in [4.78, 5) is 0. The first kappa shape index (κ1) is 13.9. The maximum absolute atomic E-state index is 9.78. The Labute approximate surface area is 88.3 Å². The average Bonchev–Trinajstić information content (AvgIpc) is 2.21. The first-order valence-electron chi connectivity index (χ1n) is 5.92. The smallest absolute Gasteiger partial charge is 0.0613 e. The predicted octanol–water partition coefficient (Wildman–Crippen LogP) is 2.58. The normalized spacial score (nSPS) is 17.8. The average molecular weight is 202 g/mol. The summed E-state index contributed by atoms with van der Waals surface area (Å²) in [6.45, 7) is 6.25. The van der Waals surface area contributed by atoms with E-state index in [1.807, 2.05) is 6.92 Å². The Morgan fingerprint density at radius 1 is 1.00 bits per heavy atom. The minimum Gasteiger partial charge on any atom is -0.396 e. The third-order valence-electron chi connectivity index (χ3n) is 2.97. The molecule has 0 saturated carbocycles. The minimum absolute atomic E-state index is 0.0103. The van der Waals surface area contributed by atoms with Crippen molar-refractivity contribution in [2.24, 2.45) is 11.8 Å². The molecule has 0 rings (SSSR count). The van der Waals surface area contributed by atoms with Gasteiger partial charge in [0.2, 0.25) is 0 Å². The number of aliphatic hydroxyl groups is 2. The van der Waals surface area contributed by atoms with Crippen molar-refractivity contribution >= 4 is 0 Å². The zero-order valence-corrected chi connectivity index (χ0v) is 9.87. The summed E-state index contributed by atoms with van der Waals surface area (Å²) in [5.74, 6) is 0.324. The van der Waals surface area contributed by atoms with Crippen LogP contribution in [-0.4, -0.2) is 22.9 Å². The number of rotatable bonds is 8. The molecule has 2 N–H and O–H groups in total. The van der Waals surface area contributed by atoms with Crippen LogP contribution in [0.1, 0.15) is 52.9 Å². The lowest BCUT2D eigenvalue weighted by atomic mass is 9.90. The van der Waals surface area contributed by atoms with Crippen molar-refractivity contribution in [3.8, 4) is 0 Å². The van der Waals surface area contributed by atoms with Crippen molar-refractivity contribution in [1.29, 1.82) is 0 Å². The number of hydrogen-bond acceptors (Lipinski definition) is 2. The predicted molar refractivity (Wildman–Crippen MR) is 60.2 cm³/mol. The van der Waals surface area contributed by atoms with Gasteiger partial charge in [-0.25, -0.2) is 0 Å². The Balaban J connectivity index is 3.56. The van der Waals surface area contributed by atoms with E-state index in [-0.39, 0.29) is 18.6 Å². The molecular weight excluding hydrogens is 176 g/mol. The van der Waals surface area contributed by atoms with Crippen LogP contribution in [0, 0.1) is 11.8 Å². The van der Waals surface area contributed by atoms with E-state index in [0.717, 1.165) is 6.42 Å². The van der Waals surface area contributed by atoms with Crippen molar-refractivity contribution < 1.29 is 10.2 Å². The number of aliphatic hydroxyl groups excluding tert-OH is 2. The SMILES string of the molecule is CCCCCC[C@H](C)[C@@H](O)[C@@H](C)CO. The molecule has 14 heavy (non-hydrogen) atoms. The Morgan fingerprint density at radius 3 is 2.14 bits per heavy atom. The summed E-state index contributed by atoms with van der Waals surface area (Å²) in [6.07, 6.45) is 5.74. The van der Waals surface area contributed by atoms with Gasteiger partial charge >= 0.3 is 0 Å². The maximum atomic E-state index is 9.78. The number of unbranched alkanes of at least 4 members (excludes halogenated alkanes) is 3. The quantitative estimate of drug-likeness (QED) is 0.594. The van der Waals surface area contributed by atoms with Gasteiger partial charge in [-0.2, -0.15) is 0 Å². The highest BCUT2D eigenvalue weighted by Gasteiger charge is 2.19. The molecule has 0 spiro atoms. The van der Waals surface area contributed by atoms with E-state index >= 15 is 0 Å². The van der Waals surface area contributed by atoms with Crippen LogP contribution in [-0.2, 0) is 0 Å². The molecule has 0 aromatic rings. The van der Waals surface area contributed by atoms with Gasteiger partial charge in [0, 0.05) is 12.5 Å². The van der Waals surface area contributed by atoms with Gasteiger partial charge in [0.1, 0.15) is 0 Å². The Hall–Kier alpha value is -0.0800. The molecule has 0 bridgehead atoms. The molecule has 0 fully saturated rings. The molecule has 0 aliphatic heterocycles. The van der Waals surface area contributed by atoms with Crippen molar-refractivity contribution in [3.05, 3.63) is 0 Å². The lowest BCUT2D eigenvalue weighted by Crippen LogP contribution is -2.27. The summed E-state index contributed by atoms with van der Waals surface area (Å²) in [5.41, 5.74) is 0. The zero-order chi connectivity index (χ0) is 11.0. The minimum atomic E-state index is -0.346. The van der Waals surface area contributed by atoms with Gasteiger partial charge < -0.3 is 10.2 Å². The van der Waals surface area contributed by atoms with Crippen LogP contribution in [0.3, 0.4) is 0 Å². The molecule has 0 aliphatic rings. The molecule has 0 radical (unpaired) electrons. The second-order valence-electron chi connectivity index (χ2n) is 4.48. The first-order chi connectivity index (χ1) is 6.63. The van der Waals surface area contributed by atoms with Crippen molar-refractivity contribution in [3.63, 3.8) is 0 Å². The van der Waals surface area contributed by atoms with Crippen molar-refractivity contribution in [2.75, 3.05) is 6.61 Å². The van der Waals surface area contributed by atoms with E-state index < -0.39 is 0 Å².